The molecule has 0 aromatic heterocycles. The van der Waals surface area contributed by atoms with E-state index in [0.29, 0.717) is 0 Å². The average Bonchev–Trinajstić information content (AvgIpc) is 3.01. The van der Waals surface area contributed by atoms with Gasteiger partial charge in [-0.2, -0.15) is 0 Å². The van der Waals surface area contributed by atoms with Crippen LogP contribution in [0.1, 0.15) is 61.0 Å². The van der Waals surface area contributed by atoms with Crippen LogP contribution >= 0.6 is 0 Å². The molecule has 0 unspecified atom stereocenters. The first-order valence-electron chi connectivity index (χ1n) is 9.64. The van der Waals surface area contributed by atoms with Crippen LogP contribution in [0.25, 0.3) is 5.76 Å². The molecule has 154 valence electrons. The molecule has 1 aromatic rings. The van der Waals surface area contributed by atoms with E-state index < -0.39 is 0 Å². The molecular formula is C26H30FeO2. The molecule has 0 spiro atoms. The van der Waals surface area contributed by atoms with E-state index in [1.807, 2.05) is 58.0 Å². The minimum Gasteiger partial charge on any atom is -0.877 e. The molecule has 0 N–H and O–H groups in total. The van der Waals surface area contributed by atoms with E-state index in [2.05, 4.69) is 27.7 Å². The zero-order valence-electron chi connectivity index (χ0n) is 18.6. The molecule has 0 atom stereocenters. The van der Waals surface area contributed by atoms with Crippen molar-refractivity contribution in [2.75, 3.05) is 0 Å². The Morgan fingerprint density at radius 1 is 0.621 bits per heavy atom. The van der Waals surface area contributed by atoms with Gasteiger partial charge in [-0.3, -0.25) is 0 Å². The Morgan fingerprint density at radius 3 is 1.34 bits per heavy atom. The summed E-state index contributed by atoms with van der Waals surface area (Å²) in [4.78, 5) is 0. The van der Waals surface area contributed by atoms with Gasteiger partial charge in [0.2, 0.25) is 0 Å². The molecule has 0 bridgehead atoms. The molecule has 0 aliphatic heterocycles. The maximum absolute atomic E-state index is 12.5. The van der Waals surface area contributed by atoms with Gasteiger partial charge in [0.15, 0.2) is 0 Å². The van der Waals surface area contributed by atoms with E-state index >= 15 is 0 Å². The molecule has 1 aromatic carbocycles. The second-order valence-corrected chi connectivity index (χ2v) is 7.60. The fourth-order valence-corrected chi connectivity index (χ4v) is 3.72. The second kappa shape index (κ2) is 10.0. The van der Waals surface area contributed by atoms with Crippen LogP contribution in [0.3, 0.4) is 0 Å². The maximum Gasteiger partial charge on any atom is 2.00 e. The molecule has 3 rings (SSSR count). The van der Waals surface area contributed by atoms with E-state index in [1.54, 1.807) is 0 Å². The van der Waals surface area contributed by atoms with Crippen molar-refractivity contribution in [2.24, 2.45) is 0 Å². The van der Waals surface area contributed by atoms with Crippen LogP contribution in [0.15, 0.2) is 92.3 Å². The summed E-state index contributed by atoms with van der Waals surface area (Å²) in [5.74, 6) is 0.136. The van der Waals surface area contributed by atoms with Crippen molar-refractivity contribution in [1.82, 2.24) is 0 Å². The quantitative estimate of drug-likeness (QED) is 0.445. The van der Waals surface area contributed by atoms with Crippen molar-refractivity contribution in [3.63, 3.8) is 0 Å². The van der Waals surface area contributed by atoms with Crippen LogP contribution in [0.4, 0.5) is 0 Å². The van der Waals surface area contributed by atoms with Gasteiger partial charge in [-0.05, 0) is 117 Å². The Balaban J connectivity index is 0.000000306. The van der Waals surface area contributed by atoms with Crippen LogP contribution in [0.5, 0.6) is 0 Å². The largest absolute Gasteiger partial charge is 2.00 e. The molecule has 3 heteroatoms. The van der Waals surface area contributed by atoms with Gasteiger partial charge in [0, 0.05) is 0 Å². The van der Waals surface area contributed by atoms with E-state index in [1.165, 1.54) is 22.3 Å². The first-order chi connectivity index (χ1) is 13.1. The van der Waals surface area contributed by atoms with E-state index in [-0.39, 0.29) is 22.8 Å². The molecule has 0 amide bonds. The van der Waals surface area contributed by atoms with Gasteiger partial charge in [0.05, 0.1) is 0 Å². The predicted molar refractivity (Wildman–Crippen MR) is 115 cm³/mol. The van der Waals surface area contributed by atoms with Crippen molar-refractivity contribution in [3.05, 3.63) is 97.9 Å². The Kier molecular flexibility index (Phi) is 8.56. The van der Waals surface area contributed by atoms with Crippen LogP contribution < -0.4 is 10.2 Å². The third-order valence-corrected chi connectivity index (χ3v) is 6.31. The first kappa shape index (κ1) is 24.8. The molecule has 0 fully saturated rings. The predicted octanol–water partition coefficient (Wildman–Crippen LogP) is 5.36. The summed E-state index contributed by atoms with van der Waals surface area (Å²) < 4.78 is 0. The molecular weight excluding hydrogens is 400 g/mol. The first-order valence-corrected chi connectivity index (χ1v) is 9.64. The van der Waals surface area contributed by atoms with Crippen molar-refractivity contribution in [3.8, 4) is 0 Å². The Hall–Kier alpha value is -2.22. The van der Waals surface area contributed by atoms with Crippen molar-refractivity contribution < 1.29 is 27.3 Å². The minimum absolute atomic E-state index is 0. The number of allylic oxidation sites excluding steroid dienone is 10. The van der Waals surface area contributed by atoms with Gasteiger partial charge >= 0.3 is 17.1 Å². The summed E-state index contributed by atoms with van der Waals surface area (Å²) in [6.45, 7) is 16.4. The number of benzene rings is 1. The normalized spacial score (nSPS) is 16.3. The zero-order valence-corrected chi connectivity index (χ0v) is 19.7. The number of hydrogen-bond acceptors (Lipinski definition) is 2. The molecule has 29 heavy (non-hydrogen) atoms. The Bertz CT molecular complexity index is 929. The topological polar surface area (TPSA) is 46.1 Å². The van der Waals surface area contributed by atoms with Gasteiger partial charge < -0.3 is 10.2 Å². The Labute approximate surface area is 186 Å². The average molecular weight is 430 g/mol. The molecule has 2 aliphatic rings. The summed E-state index contributed by atoms with van der Waals surface area (Å²) in [6.07, 6.45) is 0.949. The standard InChI is InChI=1S/C16H18O.C10H14O.Fe/c1-10-11(2)13(4)15(12(10)3)16(17)14-8-6-5-7-9-14;1-6-7(2)9(4)10(5-11)8(6)3;/h5-9,17H,1-4H3;5,11H,1-4H3;/q;;+2/p-2. The van der Waals surface area contributed by atoms with Gasteiger partial charge in [0.25, 0.3) is 0 Å². The van der Waals surface area contributed by atoms with Crippen LogP contribution in [-0.4, -0.2) is 0 Å². The number of hydrogen-bond donors (Lipinski definition) is 0. The molecule has 0 heterocycles. The van der Waals surface area contributed by atoms with Gasteiger partial charge in [-0.1, -0.05) is 36.1 Å². The molecule has 0 radical (unpaired) electrons. The summed E-state index contributed by atoms with van der Waals surface area (Å²) in [6, 6.07) is 9.48. The minimum atomic E-state index is 0. The number of rotatable bonds is 1. The molecule has 2 aliphatic carbocycles. The van der Waals surface area contributed by atoms with E-state index in [0.717, 1.165) is 45.3 Å². The fraction of sp³-hybridized carbons (Fsp3) is 0.308. The smallest absolute Gasteiger partial charge is 0.877 e. The summed E-state index contributed by atoms with van der Waals surface area (Å²) >= 11 is 0. The summed E-state index contributed by atoms with van der Waals surface area (Å²) in [7, 11) is 0. The van der Waals surface area contributed by atoms with Crippen LogP contribution in [0, 0.1) is 0 Å². The maximum atomic E-state index is 12.5. The fourth-order valence-electron chi connectivity index (χ4n) is 3.72. The molecule has 0 saturated carbocycles. The monoisotopic (exact) mass is 430 g/mol. The van der Waals surface area contributed by atoms with Gasteiger partial charge in [0.1, 0.15) is 0 Å². The SMILES string of the molecule is CC1=C(C)C(=C([O-])c2ccccc2)C(C)=C1C.CC1=C(C)C(C)=C(C)C1=C[O-].[Fe+2]. The van der Waals surface area contributed by atoms with Gasteiger partial charge in [-0.15, -0.1) is 6.26 Å². The third-order valence-electron chi connectivity index (χ3n) is 6.31. The summed E-state index contributed by atoms with van der Waals surface area (Å²) in [5.41, 5.74) is 12.0. The van der Waals surface area contributed by atoms with Crippen molar-refractivity contribution in [2.45, 2.75) is 55.4 Å². The van der Waals surface area contributed by atoms with Gasteiger partial charge in [-0.25, -0.2) is 0 Å². The van der Waals surface area contributed by atoms with Crippen LogP contribution in [-0.2, 0) is 17.1 Å². The van der Waals surface area contributed by atoms with Crippen LogP contribution in [0.2, 0.25) is 0 Å². The third kappa shape index (κ3) is 4.69. The Morgan fingerprint density at radius 2 is 1.00 bits per heavy atom. The van der Waals surface area contributed by atoms with E-state index in [4.69, 9.17) is 0 Å². The molecule has 2 nitrogen and oxygen atoms in total. The van der Waals surface area contributed by atoms with Crippen molar-refractivity contribution >= 4 is 5.76 Å². The van der Waals surface area contributed by atoms with Crippen molar-refractivity contribution in [1.29, 1.82) is 0 Å². The van der Waals surface area contributed by atoms with E-state index in [9.17, 15) is 10.2 Å². The second-order valence-electron chi connectivity index (χ2n) is 7.60. The summed E-state index contributed by atoms with van der Waals surface area (Å²) in [5, 5.41) is 23.1. The molecule has 0 saturated heterocycles. The zero-order chi connectivity index (χ0) is 21.2.